The van der Waals surface area contributed by atoms with Crippen molar-refractivity contribution in [3.8, 4) is 0 Å². The Kier molecular flexibility index (Phi) is 2.59. The van der Waals surface area contributed by atoms with Crippen LogP contribution in [-0.2, 0) is 6.54 Å². The van der Waals surface area contributed by atoms with Crippen LogP contribution in [0.5, 0.6) is 0 Å². The molecule has 1 aliphatic rings. The van der Waals surface area contributed by atoms with Crippen molar-refractivity contribution in [3.05, 3.63) is 5.56 Å². The third-order valence-corrected chi connectivity index (χ3v) is 2.67. The Labute approximate surface area is 88.5 Å². The summed E-state index contributed by atoms with van der Waals surface area (Å²) in [6.45, 7) is 2.89. The van der Waals surface area contributed by atoms with Gasteiger partial charge in [0.25, 0.3) is 0 Å². The van der Waals surface area contributed by atoms with Gasteiger partial charge in [-0.15, -0.1) is 0 Å². The maximum atomic E-state index is 5.76. The molecule has 0 saturated carbocycles. The molecule has 15 heavy (non-hydrogen) atoms. The predicted octanol–water partition coefficient (Wildman–Crippen LogP) is -0.181. The first-order valence-corrected chi connectivity index (χ1v) is 5.06. The normalized spacial score (nSPS) is 17.1. The summed E-state index contributed by atoms with van der Waals surface area (Å²) < 4.78 is 0. The van der Waals surface area contributed by atoms with Crippen molar-refractivity contribution in [2.24, 2.45) is 0 Å². The van der Waals surface area contributed by atoms with E-state index in [1.54, 1.807) is 0 Å². The van der Waals surface area contributed by atoms with E-state index in [2.05, 4.69) is 14.9 Å². The minimum absolute atomic E-state index is 0.134. The maximum absolute atomic E-state index is 5.76. The largest absolute Gasteiger partial charge is 0.383 e. The van der Waals surface area contributed by atoms with Crippen LogP contribution in [0.3, 0.4) is 0 Å². The van der Waals surface area contributed by atoms with Gasteiger partial charge in [0, 0.05) is 6.54 Å². The SMILES string of the molecule is Nc1nc(N)c(CN2CCCC2)c(N)n1. The van der Waals surface area contributed by atoms with E-state index in [0.717, 1.165) is 25.2 Å². The lowest BCUT2D eigenvalue weighted by Crippen LogP contribution is -2.21. The molecule has 2 rings (SSSR count). The number of anilines is 3. The third-order valence-electron chi connectivity index (χ3n) is 2.67. The Morgan fingerprint density at radius 2 is 1.53 bits per heavy atom. The topological polar surface area (TPSA) is 107 Å². The van der Waals surface area contributed by atoms with Crippen LogP contribution in [0.1, 0.15) is 18.4 Å². The van der Waals surface area contributed by atoms with E-state index in [1.807, 2.05) is 0 Å². The van der Waals surface area contributed by atoms with Gasteiger partial charge in [-0.05, 0) is 25.9 Å². The van der Waals surface area contributed by atoms with Crippen LogP contribution in [0.4, 0.5) is 17.6 Å². The van der Waals surface area contributed by atoms with Crippen molar-refractivity contribution in [2.75, 3.05) is 30.3 Å². The Balaban J connectivity index is 2.19. The molecule has 1 saturated heterocycles. The average Bonchev–Trinajstić information content (AvgIpc) is 2.63. The molecule has 0 aliphatic carbocycles. The Morgan fingerprint density at radius 1 is 1.00 bits per heavy atom. The molecule has 82 valence electrons. The standard InChI is InChI=1S/C9H16N6/c10-7-6(5-15-3-1-2-4-15)8(11)14-9(12)13-7/h1-5H2,(H6,10,11,12,13,14). The lowest BCUT2D eigenvalue weighted by molar-refractivity contribution is 0.332. The van der Waals surface area contributed by atoms with Crippen LogP contribution in [0.2, 0.25) is 0 Å². The fourth-order valence-electron chi connectivity index (χ4n) is 1.86. The number of aromatic nitrogens is 2. The summed E-state index contributed by atoms with van der Waals surface area (Å²) in [5.74, 6) is 0.925. The second kappa shape index (κ2) is 3.90. The molecule has 1 aromatic heterocycles. The maximum Gasteiger partial charge on any atom is 0.223 e. The molecule has 6 N–H and O–H groups in total. The molecule has 0 amide bonds. The van der Waals surface area contributed by atoms with E-state index in [0.29, 0.717) is 11.6 Å². The molecule has 2 heterocycles. The summed E-state index contributed by atoms with van der Waals surface area (Å²) in [4.78, 5) is 10.1. The summed E-state index contributed by atoms with van der Waals surface area (Å²) in [6.07, 6.45) is 2.46. The van der Waals surface area contributed by atoms with Crippen LogP contribution >= 0.6 is 0 Å². The van der Waals surface area contributed by atoms with Crippen molar-refractivity contribution in [1.82, 2.24) is 14.9 Å². The average molecular weight is 208 g/mol. The highest BCUT2D eigenvalue weighted by atomic mass is 15.2. The molecule has 1 fully saturated rings. The molecule has 6 nitrogen and oxygen atoms in total. The first kappa shape index (κ1) is 9.97. The van der Waals surface area contributed by atoms with Crippen molar-refractivity contribution >= 4 is 17.6 Å². The van der Waals surface area contributed by atoms with Gasteiger partial charge in [0.05, 0.1) is 5.56 Å². The molecular formula is C9H16N6. The molecule has 1 aliphatic heterocycles. The summed E-state index contributed by atoms with van der Waals surface area (Å²) in [7, 11) is 0. The van der Waals surface area contributed by atoms with E-state index < -0.39 is 0 Å². The van der Waals surface area contributed by atoms with Gasteiger partial charge in [-0.3, -0.25) is 4.90 Å². The number of hydrogen-bond donors (Lipinski definition) is 3. The predicted molar refractivity (Wildman–Crippen MR) is 59.8 cm³/mol. The van der Waals surface area contributed by atoms with Gasteiger partial charge in [0.1, 0.15) is 11.6 Å². The molecular weight excluding hydrogens is 192 g/mol. The fraction of sp³-hybridized carbons (Fsp3) is 0.556. The Morgan fingerprint density at radius 3 is 2.07 bits per heavy atom. The summed E-state index contributed by atoms with van der Waals surface area (Å²) in [5, 5.41) is 0. The highest BCUT2D eigenvalue weighted by Gasteiger charge is 2.16. The van der Waals surface area contributed by atoms with E-state index in [-0.39, 0.29) is 5.95 Å². The monoisotopic (exact) mass is 208 g/mol. The Hall–Kier alpha value is -1.56. The van der Waals surface area contributed by atoms with E-state index >= 15 is 0 Å². The van der Waals surface area contributed by atoms with E-state index in [1.165, 1.54) is 12.8 Å². The van der Waals surface area contributed by atoms with Gasteiger partial charge in [0.15, 0.2) is 0 Å². The van der Waals surface area contributed by atoms with Crippen molar-refractivity contribution in [1.29, 1.82) is 0 Å². The zero-order valence-corrected chi connectivity index (χ0v) is 8.61. The number of likely N-dealkylation sites (tertiary alicyclic amines) is 1. The van der Waals surface area contributed by atoms with Crippen LogP contribution in [0.25, 0.3) is 0 Å². The molecule has 0 atom stereocenters. The number of rotatable bonds is 2. The molecule has 0 unspecified atom stereocenters. The molecule has 1 aromatic rings. The summed E-state index contributed by atoms with van der Waals surface area (Å²) >= 11 is 0. The number of hydrogen-bond acceptors (Lipinski definition) is 6. The molecule has 0 bridgehead atoms. The van der Waals surface area contributed by atoms with Gasteiger partial charge < -0.3 is 17.2 Å². The number of nitrogens with zero attached hydrogens (tertiary/aromatic N) is 3. The minimum atomic E-state index is 0.134. The van der Waals surface area contributed by atoms with Crippen LogP contribution in [-0.4, -0.2) is 28.0 Å². The lowest BCUT2D eigenvalue weighted by atomic mass is 10.2. The second-order valence-electron chi connectivity index (χ2n) is 3.81. The molecule has 0 radical (unpaired) electrons. The number of nitrogens with two attached hydrogens (primary N) is 3. The van der Waals surface area contributed by atoms with Crippen molar-refractivity contribution < 1.29 is 0 Å². The van der Waals surface area contributed by atoms with E-state index in [4.69, 9.17) is 17.2 Å². The lowest BCUT2D eigenvalue weighted by Gasteiger charge is -2.16. The molecule has 0 spiro atoms. The van der Waals surface area contributed by atoms with Gasteiger partial charge in [-0.2, -0.15) is 9.97 Å². The van der Waals surface area contributed by atoms with Crippen LogP contribution in [0.15, 0.2) is 0 Å². The highest BCUT2D eigenvalue weighted by Crippen LogP contribution is 2.21. The first-order chi connectivity index (χ1) is 7.16. The quantitative estimate of drug-likeness (QED) is 0.622. The first-order valence-electron chi connectivity index (χ1n) is 5.06. The van der Waals surface area contributed by atoms with Crippen LogP contribution < -0.4 is 17.2 Å². The summed E-state index contributed by atoms with van der Waals surface area (Å²) in [6, 6.07) is 0. The van der Waals surface area contributed by atoms with Crippen LogP contribution in [0, 0.1) is 0 Å². The smallest absolute Gasteiger partial charge is 0.223 e. The van der Waals surface area contributed by atoms with Crippen molar-refractivity contribution in [3.63, 3.8) is 0 Å². The van der Waals surface area contributed by atoms with Gasteiger partial charge >= 0.3 is 0 Å². The van der Waals surface area contributed by atoms with Gasteiger partial charge in [-0.25, -0.2) is 0 Å². The van der Waals surface area contributed by atoms with Gasteiger partial charge in [0.2, 0.25) is 5.95 Å². The number of nitrogen functional groups attached to an aromatic ring is 3. The van der Waals surface area contributed by atoms with Gasteiger partial charge in [-0.1, -0.05) is 0 Å². The highest BCUT2D eigenvalue weighted by molar-refractivity contribution is 5.55. The Bertz CT molecular complexity index is 335. The fourth-order valence-corrected chi connectivity index (χ4v) is 1.86. The molecule has 6 heteroatoms. The summed E-state index contributed by atoms with van der Waals surface area (Å²) in [5.41, 5.74) is 17.8. The third kappa shape index (κ3) is 2.10. The zero-order valence-electron chi connectivity index (χ0n) is 8.61. The minimum Gasteiger partial charge on any atom is -0.383 e. The second-order valence-corrected chi connectivity index (χ2v) is 3.81. The van der Waals surface area contributed by atoms with E-state index in [9.17, 15) is 0 Å². The van der Waals surface area contributed by atoms with Crippen molar-refractivity contribution in [2.45, 2.75) is 19.4 Å². The molecule has 0 aromatic carbocycles. The zero-order chi connectivity index (χ0) is 10.8.